The molecule has 0 aromatic rings. The Kier molecular flexibility index (Phi) is 4.69. The molecule has 0 bridgehead atoms. The quantitative estimate of drug-likeness (QED) is 0.658. The van der Waals surface area contributed by atoms with Crippen molar-refractivity contribution >= 4 is 12.4 Å². The molecule has 2 aliphatic heterocycles. The van der Waals surface area contributed by atoms with Crippen LogP contribution in [0.5, 0.6) is 0 Å². The Morgan fingerprint density at radius 3 is 1.94 bits per heavy atom. The van der Waals surface area contributed by atoms with Crippen LogP contribution in [0.3, 0.4) is 0 Å². The van der Waals surface area contributed by atoms with Crippen LogP contribution in [0.2, 0.25) is 0 Å². The van der Waals surface area contributed by atoms with Gasteiger partial charge in [-0.2, -0.15) is 0 Å². The van der Waals surface area contributed by atoms with Gasteiger partial charge in [0.1, 0.15) is 12.3 Å². The summed E-state index contributed by atoms with van der Waals surface area (Å²) in [6.45, 7) is 5.88. The van der Waals surface area contributed by atoms with E-state index in [0.717, 1.165) is 0 Å². The summed E-state index contributed by atoms with van der Waals surface area (Å²) in [4.78, 5) is 7.84. The number of halogens is 1. The Hall–Kier alpha value is -1.65. The van der Waals surface area contributed by atoms with Crippen LogP contribution in [0, 0.1) is 0 Å². The summed E-state index contributed by atoms with van der Waals surface area (Å²) in [5, 5.41) is 5.77. The van der Waals surface area contributed by atoms with Gasteiger partial charge in [0.2, 0.25) is 0 Å². The normalized spacial score (nSPS) is 26.8. The number of allylic oxidation sites excluding steroid dienone is 2. The lowest BCUT2D eigenvalue weighted by molar-refractivity contribution is 0.608. The highest BCUT2D eigenvalue weighted by atomic mass is 19.1. The molecule has 2 heterocycles. The van der Waals surface area contributed by atoms with Crippen molar-refractivity contribution in [1.82, 2.24) is 10.6 Å². The Morgan fingerprint density at radius 2 is 1.62 bits per heavy atom. The smallest absolute Gasteiger partial charge is 0.156 e. The van der Waals surface area contributed by atoms with E-state index in [0.29, 0.717) is 0 Å². The average Bonchev–Trinajstić information content (AvgIpc) is 2.28. The highest BCUT2D eigenvalue weighted by molar-refractivity contribution is 5.78. The van der Waals surface area contributed by atoms with Crippen molar-refractivity contribution in [3.63, 3.8) is 0 Å². The molecular weight excluding hydrogens is 207 g/mol. The molecular formula is C11H17FN4. The molecule has 16 heavy (non-hydrogen) atoms. The van der Waals surface area contributed by atoms with Gasteiger partial charge in [0.25, 0.3) is 0 Å². The fourth-order valence-corrected chi connectivity index (χ4v) is 1.03. The number of nitrogens with zero attached hydrogens (tertiary/aromatic N) is 2. The van der Waals surface area contributed by atoms with Crippen LogP contribution in [-0.4, -0.2) is 24.8 Å². The monoisotopic (exact) mass is 224 g/mol. The molecule has 0 aromatic carbocycles. The topological polar surface area (TPSA) is 48.8 Å². The molecule has 0 radical (unpaired) electrons. The summed E-state index contributed by atoms with van der Waals surface area (Å²) in [5.74, 6) is -0.317. The summed E-state index contributed by atoms with van der Waals surface area (Å²) in [6, 6.07) is 0. The predicted molar refractivity (Wildman–Crippen MR) is 65.1 cm³/mol. The van der Waals surface area contributed by atoms with E-state index in [1.165, 1.54) is 18.0 Å². The predicted octanol–water partition coefficient (Wildman–Crippen LogP) is 1.73. The van der Waals surface area contributed by atoms with Gasteiger partial charge in [0.15, 0.2) is 5.83 Å². The highest BCUT2D eigenvalue weighted by Crippen LogP contribution is 1.97. The van der Waals surface area contributed by atoms with E-state index in [2.05, 4.69) is 20.6 Å². The zero-order valence-electron chi connectivity index (χ0n) is 9.74. The van der Waals surface area contributed by atoms with Crippen molar-refractivity contribution < 1.29 is 4.39 Å². The van der Waals surface area contributed by atoms with Crippen LogP contribution in [0.1, 0.15) is 20.8 Å². The maximum atomic E-state index is 12.0. The van der Waals surface area contributed by atoms with Crippen molar-refractivity contribution in [2.24, 2.45) is 9.98 Å². The Morgan fingerprint density at radius 1 is 1.06 bits per heavy atom. The van der Waals surface area contributed by atoms with Crippen LogP contribution in [0.15, 0.2) is 33.8 Å². The Bertz CT molecular complexity index is 310. The SMILES string of the molecule is CC1=CNC(C)N=C1.CC1N=CC(F)=CN1. The van der Waals surface area contributed by atoms with Gasteiger partial charge in [-0.25, -0.2) is 4.39 Å². The molecule has 2 N–H and O–H groups in total. The van der Waals surface area contributed by atoms with Crippen molar-refractivity contribution in [2.75, 3.05) is 0 Å². The van der Waals surface area contributed by atoms with Gasteiger partial charge in [-0.15, -0.1) is 0 Å². The molecule has 2 unspecified atom stereocenters. The number of nitrogens with one attached hydrogen (secondary N) is 2. The molecule has 0 saturated heterocycles. The molecule has 2 aliphatic rings. The molecule has 2 atom stereocenters. The molecule has 5 heteroatoms. The van der Waals surface area contributed by atoms with Crippen molar-refractivity contribution in [3.8, 4) is 0 Å². The maximum absolute atomic E-state index is 12.0. The minimum Gasteiger partial charge on any atom is -0.370 e. The molecule has 0 aliphatic carbocycles. The van der Waals surface area contributed by atoms with Gasteiger partial charge in [-0.05, 0) is 26.3 Å². The third kappa shape index (κ3) is 4.72. The van der Waals surface area contributed by atoms with Crippen LogP contribution < -0.4 is 10.6 Å². The van der Waals surface area contributed by atoms with Gasteiger partial charge in [0, 0.05) is 18.6 Å². The lowest BCUT2D eigenvalue weighted by Crippen LogP contribution is -2.21. The second kappa shape index (κ2) is 6.05. The Balaban J connectivity index is 0.000000160. The maximum Gasteiger partial charge on any atom is 0.156 e. The van der Waals surface area contributed by atoms with Gasteiger partial charge >= 0.3 is 0 Å². The highest BCUT2D eigenvalue weighted by Gasteiger charge is 1.99. The Labute approximate surface area is 95.1 Å². The van der Waals surface area contributed by atoms with Gasteiger partial charge < -0.3 is 10.6 Å². The van der Waals surface area contributed by atoms with E-state index in [-0.39, 0.29) is 18.2 Å². The van der Waals surface area contributed by atoms with Crippen LogP contribution in [-0.2, 0) is 0 Å². The lowest BCUT2D eigenvalue weighted by Gasteiger charge is -2.10. The molecule has 0 fully saturated rings. The van der Waals surface area contributed by atoms with Gasteiger partial charge in [-0.3, -0.25) is 9.98 Å². The van der Waals surface area contributed by atoms with Crippen LogP contribution in [0.4, 0.5) is 4.39 Å². The standard InChI is InChI=1S/C6H10N2.C5H7FN2/c1-5-3-7-6(2)8-4-5;1-4-7-2-5(6)3-8-4/h3-4,6-7H,1-2H3;2-4,7H,1H3. The molecule has 2 rings (SSSR count). The third-order valence-electron chi connectivity index (χ3n) is 1.94. The molecule has 0 aromatic heterocycles. The minimum atomic E-state index is -0.317. The third-order valence-corrected chi connectivity index (χ3v) is 1.94. The van der Waals surface area contributed by atoms with E-state index >= 15 is 0 Å². The van der Waals surface area contributed by atoms with Crippen molar-refractivity contribution in [3.05, 3.63) is 23.8 Å². The summed E-state index contributed by atoms with van der Waals surface area (Å²) < 4.78 is 12.0. The van der Waals surface area contributed by atoms with Crippen molar-refractivity contribution in [2.45, 2.75) is 33.1 Å². The number of rotatable bonds is 0. The van der Waals surface area contributed by atoms with Gasteiger partial charge in [0.05, 0.1) is 6.21 Å². The zero-order chi connectivity index (χ0) is 12.0. The van der Waals surface area contributed by atoms with Crippen molar-refractivity contribution in [1.29, 1.82) is 0 Å². The average molecular weight is 224 g/mol. The summed E-state index contributed by atoms with van der Waals surface area (Å²) >= 11 is 0. The van der Waals surface area contributed by atoms with E-state index in [1.807, 2.05) is 33.2 Å². The van der Waals surface area contributed by atoms with Gasteiger partial charge in [-0.1, -0.05) is 0 Å². The number of aliphatic imine (C=N–C) groups is 2. The number of hydrogen-bond acceptors (Lipinski definition) is 4. The van der Waals surface area contributed by atoms with Crippen LogP contribution >= 0.6 is 0 Å². The van der Waals surface area contributed by atoms with E-state index in [9.17, 15) is 4.39 Å². The second-order valence-corrected chi connectivity index (χ2v) is 3.66. The van der Waals surface area contributed by atoms with Crippen LogP contribution in [0.25, 0.3) is 0 Å². The zero-order valence-corrected chi connectivity index (χ0v) is 9.74. The van der Waals surface area contributed by atoms with E-state index in [4.69, 9.17) is 0 Å². The first kappa shape index (κ1) is 12.4. The molecule has 0 amide bonds. The second-order valence-electron chi connectivity index (χ2n) is 3.66. The van der Waals surface area contributed by atoms with E-state index in [1.54, 1.807) is 0 Å². The molecule has 0 spiro atoms. The summed E-state index contributed by atoms with van der Waals surface area (Å²) in [6.07, 6.45) is 6.64. The largest absolute Gasteiger partial charge is 0.370 e. The van der Waals surface area contributed by atoms with E-state index < -0.39 is 0 Å². The summed E-state index contributed by atoms with van der Waals surface area (Å²) in [7, 11) is 0. The first-order valence-electron chi connectivity index (χ1n) is 5.19. The fraction of sp³-hybridized carbons (Fsp3) is 0.455. The lowest BCUT2D eigenvalue weighted by atomic mass is 10.3. The minimum absolute atomic E-state index is 0.0227. The first-order valence-corrected chi connectivity index (χ1v) is 5.19. The first-order chi connectivity index (χ1) is 7.58. The molecule has 4 nitrogen and oxygen atoms in total. The fourth-order valence-electron chi connectivity index (χ4n) is 1.03. The number of hydrogen-bond donors (Lipinski definition) is 2. The molecule has 0 saturated carbocycles. The molecule has 88 valence electrons. The summed E-state index contributed by atoms with van der Waals surface area (Å²) in [5.41, 5.74) is 1.18.